The SMILES string of the molecule is CCOCC(NC)c1ccc2c(c1)COC2. The number of benzene rings is 1. The molecule has 0 spiro atoms. The van der Waals surface area contributed by atoms with Gasteiger partial charge in [0.15, 0.2) is 0 Å². The smallest absolute Gasteiger partial charge is 0.0725 e. The van der Waals surface area contributed by atoms with Crippen LogP contribution >= 0.6 is 0 Å². The minimum Gasteiger partial charge on any atom is -0.380 e. The Labute approximate surface area is 96.8 Å². The molecule has 1 aliphatic rings. The Bertz CT molecular complexity index is 352. The van der Waals surface area contributed by atoms with Gasteiger partial charge in [0.05, 0.1) is 25.9 Å². The fourth-order valence-corrected chi connectivity index (χ4v) is 1.99. The maximum atomic E-state index is 5.47. The lowest BCUT2D eigenvalue weighted by Gasteiger charge is -2.17. The first-order valence-corrected chi connectivity index (χ1v) is 5.79. The lowest BCUT2D eigenvalue weighted by atomic mass is 10.0. The highest BCUT2D eigenvalue weighted by molar-refractivity contribution is 5.34. The Morgan fingerprint density at radius 1 is 1.38 bits per heavy atom. The third-order valence-electron chi connectivity index (χ3n) is 2.98. The van der Waals surface area contributed by atoms with Crippen molar-refractivity contribution in [3.8, 4) is 0 Å². The van der Waals surface area contributed by atoms with Gasteiger partial charge in [-0.2, -0.15) is 0 Å². The maximum absolute atomic E-state index is 5.47. The standard InChI is InChI=1S/C13H19NO2/c1-3-15-9-13(14-2)10-4-5-11-7-16-8-12(11)6-10/h4-6,13-14H,3,7-9H2,1-2H3. The molecule has 0 saturated carbocycles. The van der Waals surface area contributed by atoms with Crippen molar-refractivity contribution >= 4 is 0 Å². The zero-order valence-corrected chi connectivity index (χ0v) is 9.95. The first-order chi connectivity index (χ1) is 7.85. The van der Waals surface area contributed by atoms with Crippen LogP contribution in [-0.2, 0) is 22.7 Å². The summed E-state index contributed by atoms with van der Waals surface area (Å²) in [5.41, 5.74) is 3.91. The Morgan fingerprint density at radius 2 is 2.19 bits per heavy atom. The highest BCUT2D eigenvalue weighted by atomic mass is 16.5. The Kier molecular flexibility index (Phi) is 3.93. The van der Waals surface area contributed by atoms with E-state index in [1.807, 2.05) is 14.0 Å². The molecule has 1 atom stereocenters. The van der Waals surface area contributed by atoms with Gasteiger partial charge in [0.1, 0.15) is 0 Å². The second-order valence-electron chi connectivity index (χ2n) is 4.02. The first kappa shape index (κ1) is 11.6. The second-order valence-corrected chi connectivity index (χ2v) is 4.02. The third kappa shape index (κ3) is 2.43. The third-order valence-corrected chi connectivity index (χ3v) is 2.98. The van der Waals surface area contributed by atoms with Crippen LogP contribution in [0.1, 0.15) is 29.7 Å². The van der Waals surface area contributed by atoms with E-state index >= 15 is 0 Å². The van der Waals surface area contributed by atoms with E-state index < -0.39 is 0 Å². The lowest BCUT2D eigenvalue weighted by Crippen LogP contribution is -2.22. The van der Waals surface area contributed by atoms with Crippen LogP contribution in [0.4, 0.5) is 0 Å². The minimum absolute atomic E-state index is 0.269. The molecule has 2 rings (SSSR count). The van der Waals surface area contributed by atoms with Gasteiger partial charge >= 0.3 is 0 Å². The van der Waals surface area contributed by atoms with E-state index in [0.717, 1.165) is 19.8 Å². The van der Waals surface area contributed by atoms with Crippen molar-refractivity contribution in [2.24, 2.45) is 0 Å². The van der Waals surface area contributed by atoms with Crippen LogP contribution in [0.15, 0.2) is 18.2 Å². The average Bonchev–Trinajstić information content (AvgIpc) is 2.77. The van der Waals surface area contributed by atoms with Crippen LogP contribution in [0, 0.1) is 0 Å². The molecule has 0 amide bonds. The first-order valence-electron chi connectivity index (χ1n) is 5.79. The highest BCUT2D eigenvalue weighted by Gasteiger charge is 2.15. The van der Waals surface area contributed by atoms with Crippen LogP contribution in [0.25, 0.3) is 0 Å². The van der Waals surface area contributed by atoms with Gasteiger partial charge in [-0.15, -0.1) is 0 Å². The normalized spacial score (nSPS) is 16.1. The van der Waals surface area contributed by atoms with Gasteiger partial charge < -0.3 is 14.8 Å². The molecule has 0 aliphatic carbocycles. The van der Waals surface area contributed by atoms with Crippen LogP contribution in [0.3, 0.4) is 0 Å². The summed E-state index contributed by atoms with van der Waals surface area (Å²) in [5, 5.41) is 3.28. The summed E-state index contributed by atoms with van der Waals surface area (Å²) >= 11 is 0. The van der Waals surface area contributed by atoms with Crippen molar-refractivity contribution in [3.05, 3.63) is 34.9 Å². The van der Waals surface area contributed by atoms with Gasteiger partial charge in [0.2, 0.25) is 0 Å². The number of hydrogen-bond acceptors (Lipinski definition) is 3. The fraction of sp³-hybridized carbons (Fsp3) is 0.538. The van der Waals surface area contributed by atoms with Crippen molar-refractivity contribution in [1.82, 2.24) is 5.32 Å². The summed E-state index contributed by atoms with van der Waals surface area (Å²) in [6.45, 7) is 4.99. The van der Waals surface area contributed by atoms with E-state index in [-0.39, 0.29) is 6.04 Å². The van der Waals surface area contributed by atoms with Crippen molar-refractivity contribution in [2.45, 2.75) is 26.2 Å². The predicted molar refractivity (Wildman–Crippen MR) is 63.2 cm³/mol. The van der Waals surface area contributed by atoms with Gasteiger partial charge in [-0.05, 0) is 30.7 Å². The molecule has 16 heavy (non-hydrogen) atoms. The van der Waals surface area contributed by atoms with E-state index in [9.17, 15) is 0 Å². The van der Waals surface area contributed by atoms with Crippen molar-refractivity contribution in [1.29, 1.82) is 0 Å². The topological polar surface area (TPSA) is 30.5 Å². The zero-order chi connectivity index (χ0) is 11.4. The Hall–Kier alpha value is -0.900. The molecule has 88 valence electrons. The molecule has 0 saturated heterocycles. The second kappa shape index (κ2) is 5.43. The molecule has 0 fully saturated rings. The fourth-order valence-electron chi connectivity index (χ4n) is 1.99. The quantitative estimate of drug-likeness (QED) is 0.825. The minimum atomic E-state index is 0.269. The summed E-state index contributed by atoms with van der Waals surface area (Å²) < 4.78 is 10.9. The summed E-state index contributed by atoms with van der Waals surface area (Å²) in [6, 6.07) is 6.82. The number of fused-ring (bicyclic) bond motifs is 1. The van der Waals surface area contributed by atoms with Gasteiger partial charge in [-0.1, -0.05) is 18.2 Å². The lowest BCUT2D eigenvalue weighted by molar-refractivity contribution is 0.125. The molecule has 1 aromatic carbocycles. The molecule has 1 aromatic rings. The summed E-state index contributed by atoms with van der Waals surface area (Å²) in [7, 11) is 1.97. The van der Waals surface area contributed by atoms with Gasteiger partial charge in [-0.25, -0.2) is 0 Å². The van der Waals surface area contributed by atoms with Crippen molar-refractivity contribution < 1.29 is 9.47 Å². The summed E-state index contributed by atoms with van der Waals surface area (Å²) in [6.07, 6.45) is 0. The molecule has 1 heterocycles. The number of hydrogen-bond donors (Lipinski definition) is 1. The highest BCUT2D eigenvalue weighted by Crippen LogP contribution is 2.24. The molecule has 3 nitrogen and oxygen atoms in total. The molecule has 0 radical (unpaired) electrons. The van der Waals surface area contributed by atoms with Gasteiger partial charge in [0, 0.05) is 6.61 Å². The molecular formula is C13H19NO2. The van der Waals surface area contributed by atoms with Gasteiger partial charge in [0.25, 0.3) is 0 Å². The molecule has 3 heteroatoms. The van der Waals surface area contributed by atoms with Gasteiger partial charge in [-0.3, -0.25) is 0 Å². The summed E-state index contributed by atoms with van der Waals surface area (Å²) in [4.78, 5) is 0. The largest absolute Gasteiger partial charge is 0.380 e. The van der Waals surface area contributed by atoms with Crippen LogP contribution in [0.5, 0.6) is 0 Å². The zero-order valence-electron chi connectivity index (χ0n) is 9.95. The Morgan fingerprint density at radius 3 is 2.94 bits per heavy atom. The van der Waals surface area contributed by atoms with Crippen LogP contribution in [-0.4, -0.2) is 20.3 Å². The summed E-state index contributed by atoms with van der Waals surface area (Å²) in [5.74, 6) is 0. The molecule has 0 aromatic heterocycles. The van der Waals surface area contributed by atoms with E-state index in [1.165, 1.54) is 16.7 Å². The Balaban J connectivity index is 2.12. The number of nitrogens with one attached hydrogen (secondary N) is 1. The monoisotopic (exact) mass is 221 g/mol. The predicted octanol–water partition coefficient (Wildman–Crippen LogP) is 2.01. The maximum Gasteiger partial charge on any atom is 0.0725 e. The van der Waals surface area contributed by atoms with Crippen LogP contribution in [0.2, 0.25) is 0 Å². The van der Waals surface area contributed by atoms with Crippen molar-refractivity contribution in [3.63, 3.8) is 0 Å². The van der Waals surface area contributed by atoms with E-state index in [0.29, 0.717) is 6.61 Å². The molecule has 1 unspecified atom stereocenters. The molecular weight excluding hydrogens is 202 g/mol. The number of ether oxygens (including phenoxy) is 2. The number of likely N-dealkylation sites (N-methyl/N-ethyl adjacent to an activating group) is 1. The van der Waals surface area contributed by atoms with E-state index in [4.69, 9.17) is 9.47 Å². The molecule has 1 N–H and O–H groups in total. The van der Waals surface area contributed by atoms with Crippen molar-refractivity contribution in [2.75, 3.05) is 20.3 Å². The van der Waals surface area contributed by atoms with Crippen LogP contribution < -0.4 is 5.32 Å². The molecule has 1 aliphatic heterocycles. The average molecular weight is 221 g/mol. The molecule has 0 bridgehead atoms. The number of rotatable bonds is 5. The van der Waals surface area contributed by atoms with E-state index in [2.05, 4.69) is 23.5 Å². The van der Waals surface area contributed by atoms with E-state index in [1.54, 1.807) is 0 Å².